The number of ketones is 1. The lowest BCUT2D eigenvalue weighted by Gasteiger charge is -2.21. The van der Waals surface area contributed by atoms with Gasteiger partial charge in [-0.15, -0.1) is 0 Å². The van der Waals surface area contributed by atoms with Gasteiger partial charge in [-0.1, -0.05) is 6.92 Å². The molecule has 2 rings (SSSR count). The summed E-state index contributed by atoms with van der Waals surface area (Å²) in [7, 11) is 0. The third-order valence-corrected chi connectivity index (χ3v) is 3.42. The predicted molar refractivity (Wildman–Crippen MR) is 50.6 cm³/mol. The van der Waals surface area contributed by atoms with E-state index in [1.807, 2.05) is 6.92 Å². The van der Waals surface area contributed by atoms with Crippen molar-refractivity contribution in [1.82, 2.24) is 0 Å². The van der Waals surface area contributed by atoms with Crippen molar-refractivity contribution in [2.24, 2.45) is 11.8 Å². The second kappa shape index (κ2) is 3.71. The van der Waals surface area contributed by atoms with E-state index in [-0.39, 0.29) is 23.9 Å². The first-order valence-electron chi connectivity index (χ1n) is 5.40. The molecule has 0 spiro atoms. The van der Waals surface area contributed by atoms with E-state index in [9.17, 15) is 9.59 Å². The Balaban J connectivity index is 2.12. The van der Waals surface area contributed by atoms with E-state index >= 15 is 0 Å². The van der Waals surface area contributed by atoms with Gasteiger partial charge in [-0.25, -0.2) is 0 Å². The lowest BCUT2D eigenvalue weighted by atomic mass is 9.82. The molecule has 0 unspecified atom stereocenters. The average molecular weight is 196 g/mol. The van der Waals surface area contributed by atoms with Gasteiger partial charge in [0.2, 0.25) is 0 Å². The molecule has 0 radical (unpaired) electrons. The second-order valence-electron chi connectivity index (χ2n) is 4.42. The second-order valence-corrected chi connectivity index (χ2v) is 4.42. The number of hydrogen-bond donors (Lipinski definition) is 0. The Bertz CT molecular complexity index is 259. The summed E-state index contributed by atoms with van der Waals surface area (Å²) >= 11 is 0. The van der Waals surface area contributed by atoms with E-state index in [0.717, 1.165) is 19.3 Å². The first-order valence-corrected chi connectivity index (χ1v) is 5.40. The zero-order chi connectivity index (χ0) is 10.1. The van der Waals surface area contributed by atoms with E-state index in [4.69, 9.17) is 4.74 Å². The number of Topliss-reactive ketones (excluding diaryl/α,β-unsaturated/α-hetero) is 1. The van der Waals surface area contributed by atoms with Crippen LogP contribution in [0.25, 0.3) is 0 Å². The Morgan fingerprint density at radius 1 is 1.29 bits per heavy atom. The summed E-state index contributed by atoms with van der Waals surface area (Å²) in [5.41, 5.74) is 0. The quantitative estimate of drug-likeness (QED) is 0.554. The molecule has 0 N–H and O–H groups in total. The number of ether oxygens (including phenoxy) is 1. The number of carbonyl (C=O) groups is 2. The highest BCUT2D eigenvalue weighted by molar-refractivity contribution is 5.81. The van der Waals surface area contributed by atoms with Crippen LogP contribution in [-0.2, 0) is 14.3 Å². The Hall–Kier alpha value is -0.860. The van der Waals surface area contributed by atoms with Crippen LogP contribution in [0, 0.1) is 11.8 Å². The fourth-order valence-corrected chi connectivity index (χ4v) is 2.45. The van der Waals surface area contributed by atoms with Crippen LogP contribution in [-0.4, -0.2) is 17.9 Å². The van der Waals surface area contributed by atoms with E-state index < -0.39 is 0 Å². The third-order valence-electron chi connectivity index (χ3n) is 3.42. The molecule has 3 heteroatoms. The van der Waals surface area contributed by atoms with Gasteiger partial charge in [-0.2, -0.15) is 0 Å². The van der Waals surface area contributed by atoms with Crippen LogP contribution >= 0.6 is 0 Å². The van der Waals surface area contributed by atoms with E-state index in [1.54, 1.807) is 0 Å². The van der Waals surface area contributed by atoms with Crippen molar-refractivity contribution < 1.29 is 14.3 Å². The molecule has 1 saturated heterocycles. The van der Waals surface area contributed by atoms with Gasteiger partial charge in [0.15, 0.2) is 0 Å². The van der Waals surface area contributed by atoms with Crippen molar-refractivity contribution in [3.05, 3.63) is 0 Å². The molecule has 0 bridgehead atoms. The molecule has 1 saturated carbocycles. The number of esters is 1. The van der Waals surface area contributed by atoms with Gasteiger partial charge < -0.3 is 4.74 Å². The third kappa shape index (κ3) is 1.68. The van der Waals surface area contributed by atoms with Crippen molar-refractivity contribution in [1.29, 1.82) is 0 Å². The summed E-state index contributed by atoms with van der Waals surface area (Å²) in [6.07, 6.45) is 4.14. The zero-order valence-electron chi connectivity index (χ0n) is 8.49. The maximum absolute atomic E-state index is 11.5. The fraction of sp³-hybridized carbons (Fsp3) is 0.818. The first-order chi connectivity index (χ1) is 6.68. The smallest absolute Gasteiger partial charge is 0.309 e. The monoisotopic (exact) mass is 196 g/mol. The SMILES string of the molecule is C[C@H]1C(=O)O[C@H]2CCCCC(=O)C[C@@H]21. The van der Waals surface area contributed by atoms with Crippen LogP contribution in [0.3, 0.4) is 0 Å². The van der Waals surface area contributed by atoms with E-state index in [1.165, 1.54) is 0 Å². The molecule has 2 aliphatic rings. The van der Waals surface area contributed by atoms with Crippen molar-refractivity contribution >= 4 is 11.8 Å². The Kier molecular flexibility index (Phi) is 2.57. The molecule has 78 valence electrons. The zero-order valence-corrected chi connectivity index (χ0v) is 8.49. The lowest BCUT2D eigenvalue weighted by molar-refractivity contribution is -0.144. The summed E-state index contributed by atoms with van der Waals surface area (Å²) in [5, 5.41) is 0. The highest BCUT2D eigenvalue weighted by atomic mass is 16.6. The van der Waals surface area contributed by atoms with Crippen LogP contribution in [0.2, 0.25) is 0 Å². The van der Waals surface area contributed by atoms with Crippen molar-refractivity contribution in [2.75, 3.05) is 0 Å². The molecule has 1 aliphatic heterocycles. The minimum Gasteiger partial charge on any atom is -0.462 e. The predicted octanol–water partition coefficient (Wildman–Crippen LogP) is 1.70. The normalized spacial score (nSPS) is 38.5. The van der Waals surface area contributed by atoms with Crippen LogP contribution in [0.4, 0.5) is 0 Å². The topological polar surface area (TPSA) is 43.4 Å². The molecular formula is C11H16O3. The Morgan fingerprint density at radius 3 is 2.86 bits per heavy atom. The van der Waals surface area contributed by atoms with E-state index in [2.05, 4.69) is 0 Å². The molecule has 14 heavy (non-hydrogen) atoms. The molecular weight excluding hydrogens is 180 g/mol. The Labute approximate surface area is 83.8 Å². The minimum absolute atomic E-state index is 0.0155. The largest absolute Gasteiger partial charge is 0.462 e. The van der Waals surface area contributed by atoms with Gasteiger partial charge in [0, 0.05) is 18.8 Å². The van der Waals surface area contributed by atoms with Crippen molar-refractivity contribution in [3.8, 4) is 0 Å². The number of hydrogen-bond acceptors (Lipinski definition) is 3. The first kappa shape index (κ1) is 9.69. The molecule has 0 amide bonds. The molecule has 1 heterocycles. The van der Waals surface area contributed by atoms with Crippen molar-refractivity contribution in [3.63, 3.8) is 0 Å². The van der Waals surface area contributed by atoms with Gasteiger partial charge in [-0.05, 0) is 19.3 Å². The number of fused-ring (bicyclic) bond motifs is 1. The van der Waals surface area contributed by atoms with Gasteiger partial charge in [0.25, 0.3) is 0 Å². The number of rotatable bonds is 0. The standard InChI is InChI=1S/C11H16O3/c1-7-9-6-8(12)4-2-3-5-10(9)14-11(7)13/h7,9-10H,2-6H2,1H3/t7-,9-,10+/m1/s1. The highest BCUT2D eigenvalue weighted by Crippen LogP contribution is 2.35. The van der Waals surface area contributed by atoms with Crippen molar-refractivity contribution in [2.45, 2.75) is 45.1 Å². The molecule has 3 nitrogen and oxygen atoms in total. The van der Waals surface area contributed by atoms with Gasteiger partial charge in [-0.3, -0.25) is 9.59 Å². The molecule has 0 aromatic rings. The Morgan fingerprint density at radius 2 is 2.07 bits per heavy atom. The maximum atomic E-state index is 11.5. The molecule has 2 fully saturated rings. The minimum atomic E-state index is -0.116. The lowest BCUT2D eigenvalue weighted by Crippen LogP contribution is -2.24. The van der Waals surface area contributed by atoms with Crippen LogP contribution in [0.5, 0.6) is 0 Å². The van der Waals surface area contributed by atoms with Crippen LogP contribution in [0.15, 0.2) is 0 Å². The molecule has 3 atom stereocenters. The van der Waals surface area contributed by atoms with Crippen LogP contribution < -0.4 is 0 Å². The summed E-state index contributed by atoms with van der Waals surface area (Å²) in [5.74, 6) is 0.247. The molecule has 0 aromatic heterocycles. The van der Waals surface area contributed by atoms with Gasteiger partial charge in [0.05, 0.1) is 5.92 Å². The average Bonchev–Trinajstić information content (AvgIpc) is 2.37. The maximum Gasteiger partial charge on any atom is 0.309 e. The summed E-state index contributed by atoms with van der Waals surface area (Å²) in [4.78, 5) is 22.8. The summed E-state index contributed by atoms with van der Waals surface area (Å²) in [6.45, 7) is 1.88. The summed E-state index contributed by atoms with van der Waals surface area (Å²) < 4.78 is 5.27. The van der Waals surface area contributed by atoms with Crippen LogP contribution in [0.1, 0.15) is 39.0 Å². The van der Waals surface area contributed by atoms with Gasteiger partial charge in [0.1, 0.15) is 11.9 Å². The molecule has 0 aromatic carbocycles. The fourth-order valence-electron chi connectivity index (χ4n) is 2.45. The molecule has 1 aliphatic carbocycles. The van der Waals surface area contributed by atoms with Gasteiger partial charge >= 0.3 is 5.97 Å². The highest BCUT2D eigenvalue weighted by Gasteiger charge is 2.42. The number of carbonyl (C=O) groups excluding carboxylic acids is 2. The summed E-state index contributed by atoms with van der Waals surface area (Å²) in [6, 6.07) is 0. The van der Waals surface area contributed by atoms with E-state index in [0.29, 0.717) is 18.6 Å².